The van der Waals surface area contributed by atoms with Crippen LogP contribution in [0.1, 0.15) is 24.0 Å². The lowest BCUT2D eigenvalue weighted by molar-refractivity contribution is 0.261. The maximum Gasteiger partial charge on any atom is 0.323 e. The zero-order valence-electron chi connectivity index (χ0n) is 22.9. The van der Waals surface area contributed by atoms with Crippen LogP contribution in [-0.4, -0.2) is 55.9 Å². The van der Waals surface area contributed by atoms with Crippen LogP contribution in [0.15, 0.2) is 81.7 Å². The van der Waals surface area contributed by atoms with E-state index in [-0.39, 0.29) is 5.96 Å². The van der Waals surface area contributed by atoms with Gasteiger partial charge in [0.1, 0.15) is 11.7 Å². The van der Waals surface area contributed by atoms with Crippen LogP contribution in [0.3, 0.4) is 0 Å². The lowest BCUT2D eigenvalue weighted by Crippen LogP contribution is -2.30. The van der Waals surface area contributed by atoms with Crippen LogP contribution in [0.25, 0.3) is 0 Å². The average Bonchev–Trinajstić information content (AvgIpc) is 2.98. The van der Waals surface area contributed by atoms with E-state index in [0.717, 1.165) is 61.8 Å². The molecule has 0 fully saturated rings. The number of hydrogen-bond donors (Lipinski definition) is 8. The average molecular weight is 568 g/mol. The van der Waals surface area contributed by atoms with E-state index < -0.39 is 12.1 Å². The van der Waals surface area contributed by atoms with E-state index in [1.54, 1.807) is 42.5 Å². The van der Waals surface area contributed by atoms with Crippen molar-refractivity contribution < 1.29 is 9.59 Å². The molecule has 0 spiro atoms. The van der Waals surface area contributed by atoms with Crippen molar-refractivity contribution in [3.63, 3.8) is 0 Å². The lowest BCUT2D eigenvalue weighted by atomic mass is 10.1. The molecule has 13 heteroatoms. The highest BCUT2D eigenvalue weighted by atomic mass is 16.2. The van der Waals surface area contributed by atoms with E-state index in [0.29, 0.717) is 28.4 Å². The number of nitrogens with zero attached hydrogens (tertiary/aromatic N) is 3. The Balaban J connectivity index is 1.22. The molecule has 42 heavy (non-hydrogen) atoms. The molecule has 5 rings (SSSR count). The van der Waals surface area contributed by atoms with Crippen molar-refractivity contribution >= 4 is 58.1 Å². The van der Waals surface area contributed by atoms with Crippen LogP contribution in [0, 0.1) is 0 Å². The Morgan fingerprint density at radius 2 is 1.07 bits per heavy atom. The number of carbonyl (C=O) groups is 2. The summed E-state index contributed by atoms with van der Waals surface area (Å²) in [6, 6.07) is 18.6. The van der Waals surface area contributed by atoms with Crippen molar-refractivity contribution in [2.45, 2.75) is 12.8 Å². The fourth-order valence-electron chi connectivity index (χ4n) is 4.43. The second-order valence-electron chi connectivity index (χ2n) is 9.64. The summed E-state index contributed by atoms with van der Waals surface area (Å²) in [5, 5.41) is 17.7. The smallest absolute Gasteiger partial charge is 0.323 e. The quantitative estimate of drug-likeness (QED) is 0.159. The van der Waals surface area contributed by atoms with E-state index in [9.17, 15) is 9.59 Å². The van der Waals surface area contributed by atoms with Gasteiger partial charge >= 0.3 is 12.1 Å². The third-order valence-corrected chi connectivity index (χ3v) is 6.32. The number of benzene rings is 3. The molecule has 2 aliphatic rings. The fourth-order valence-corrected chi connectivity index (χ4v) is 4.43. The number of carbonyl (C=O) groups excluding carboxylic acids is 2. The highest BCUT2D eigenvalue weighted by Crippen LogP contribution is 2.26. The van der Waals surface area contributed by atoms with Gasteiger partial charge in [0.25, 0.3) is 0 Å². The molecule has 2 aliphatic heterocycles. The summed E-state index contributed by atoms with van der Waals surface area (Å²) in [6.45, 7) is 3.37. The zero-order valence-corrected chi connectivity index (χ0v) is 22.9. The molecular weight excluding hydrogens is 534 g/mol. The maximum absolute atomic E-state index is 12.8. The monoisotopic (exact) mass is 567 g/mol. The second kappa shape index (κ2) is 13.2. The summed E-state index contributed by atoms with van der Waals surface area (Å²) in [5.74, 6) is 1.53. The van der Waals surface area contributed by atoms with Crippen LogP contribution >= 0.6 is 0 Å². The summed E-state index contributed by atoms with van der Waals surface area (Å²) in [6.07, 6.45) is 2.02. The number of hydrogen-bond acceptors (Lipinski definition) is 7. The standard InChI is InChI=1S/C29H33N11O2/c30-27(31)36-22-15-23(39-28(41)37-20-7-3-18(4-8-20)25-32-11-1-12-33-25)17-24(16-22)40-29(42)38-21-9-5-19(6-10-21)26-34-13-2-14-35-26/h3-10,15-17H,1-2,11-14H2,(H,32,33)(H,34,35)(H4,30,31,36)(H2,37,39,41)(H2,38,40,42). The van der Waals surface area contributed by atoms with Gasteiger partial charge in [-0.2, -0.15) is 0 Å². The van der Waals surface area contributed by atoms with Crippen molar-refractivity contribution in [1.29, 1.82) is 0 Å². The Kier molecular flexibility index (Phi) is 8.77. The fraction of sp³-hybridized carbons (Fsp3) is 0.207. The lowest BCUT2D eigenvalue weighted by Gasteiger charge is -2.15. The van der Waals surface area contributed by atoms with E-state index in [2.05, 4.69) is 46.9 Å². The van der Waals surface area contributed by atoms with Gasteiger partial charge in [-0.05, 0) is 79.6 Å². The van der Waals surface area contributed by atoms with E-state index in [4.69, 9.17) is 11.5 Å². The van der Waals surface area contributed by atoms with Crippen LogP contribution in [-0.2, 0) is 0 Å². The second-order valence-corrected chi connectivity index (χ2v) is 9.64. The predicted octanol–water partition coefficient (Wildman–Crippen LogP) is 3.36. The van der Waals surface area contributed by atoms with Gasteiger partial charge in [0.2, 0.25) is 0 Å². The number of rotatable bonds is 7. The maximum atomic E-state index is 12.8. The zero-order chi connectivity index (χ0) is 29.3. The molecule has 0 saturated heterocycles. The summed E-state index contributed by atoms with van der Waals surface area (Å²) >= 11 is 0. The van der Waals surface area contributed by atoms with Gasteiger partial charge in [0.05, 0.1) is 5.69 Å². The molecule has 3 aromatic rings. The topological polar surface area (TPSA) is 195 Å². The molecule has 0 unspecified atom stereocenters. The first kappa shape index (κ1) is 28.0. The molecule has 3 aromatic carbocycles. The molecule has 4 amide bonds. The minimum Gasteiger partial charge on any atom is -0.370 e. The molecule has 0 bridgehead atoms. The van der Waals surface area contributed by atoms with Crippen LogP contribution in [0.2, 0.25) is 0 Å². The van der Waals surface area contributed by atoms with Gasteiger partial charge in [0, 0.05) is 60.1 Å². The van der Waals surface area contributed by atoms with Crippen molar-refractivity contribution in [3.8, 4) is 0 Å². The number of guanidine groups is 1. The number of nitrogens with two attached hydrogens (primary N) is 2. The molecule has 0 atom stereocenters. The molecule has 13 nitrogen and oxygen atoms in total. The first-order chi connectivity index (χ1) is 20.4. The third-order valence-electron chi connectivity index (χ3n) is 6.32. The van der Waals surface area contributed by atoms with Gasteiger partial charge in [-0.1, -0.05) is 0 Å². The molecule has 2 heterocycles. The number of amides is 4. The Bertz CT molecular complexity index is 1420. The van der Waals surface area contributed by atoms with E-state index >= 15 is 0 Å². The Morgan fingerprint density at radius 1 is 0.643 bits per heavy atom. The first-order valence-electron chi connectivity index (χ1n) is 13.6. The molecule has 0 radical (unpaired) electrons. The van der Waals surface area contributed by atoms with Crippen LogP contribution < -0.4 is 43.4 Å². The Labute approximate surface area is 243 Å². The van der Waals surface area contributed by atoms with E-state index in [1.807, 2.05) is 24.3 Å². The molecule has 0 saturated carbocycles. The molecule has 0 aromatic heterocycles. The predicted molar refractivity (Wildman–Crippen MR) is 168 cm³/mol. The van der Waals surface area contributed by atoms with E-state index in [1.165, 1.54) is 0 Å². The number of urea groups is 2. The van der Waals surface area contributed by atoms with Gasteiger partial charge in [0.15, 0.2) is 5.96 Å². The van der Waals surface area contributed by atoms with Crippen molar-refractivity contribution in [2.24, 2.45) is 26.4 Å². The van der Waals surface area contributed by atoms with Crippen molar-refractivity contribution in [2.75, 3.05) is 47.4 Å². The molecular formula is C29H33N11O2. The van der Waals surface area contributed by atoms with Crippen molar-refractivity contribution in [1.82, 2.24) is 10.6 Å². The highest BCUT2D eigenvalue weighted by molar-refractivity contribution is 6.04. The SMILES string of the molecule is NC(N)=Nc1cc(NC(=O)Nc2ccc(C3=NCCCN3)cc2)cc(NC(=O)Nc2ccc(C3=NCCCN3)cc2)c1. The summed E-state index contributed by atoms with van der Waals surface area (Å²) in [5.41, 5.74) is 15.3. The van der Waals surface area contributed by atoms with Gasteiger partial charge < -0.3 is 43.4 Å². The number of nitrogens with one attached hydrogen (secondary N) is 6. The number of amidine groups is 2. The highest BCUT2D eigenvalue weighted by Gasteiger charge is 2.11. The number of aliphatic imine (C=N–C) groups is 3. The third kappa shape index (κ3) is 7.75. The molecule has 10 N–H and O–H groups in total. The Hall–Kier alpha value is -5.59. The molecule has 0 aliphatic carbocycles. The van der Waals surface area contributed by atoms with Gasteiger partial charge in [-0.25, -0.2) is 14.6 Å². The normalized spacial score (nSPS) is 14.2. The number of anilines is 4. The van der Waals surface area contributed by atoms with Crippen molar-refractivity contribution in [3.05, 3.63) is 77.9 Å². The van der Waals surface area contributed by atoms with Crippen LogP contribution in [0.5, 0.6) is 0 Å². The summed E-state index contributed by atoms with van der Waals surface area (Å²) in [4.78, 5) is 38.6. The minimum atomic E-state index is -0.481. The summed E-state index contributed by atoms with van der Waals surface area (Å²) in [7, 11) is 0. The molecule has 216 valence electrons. The van der Waals surface area contributed by atoms with Crippen LogP contribution in [0.4, 0.5) is 38.0 Å². The summed E-state index contributed by atoms with van der Waals surface area (Å²) < 4.78 is 0. The Morgan fingerprint density at radius 3 is 1.45 bits per heavy atom. The first-order valence-corrected chi connectivity index (χ1v) is 13.6. The van der Waals surface area contributed by atoms with Gasteiger partial charge in [-0.15, -0.1) is 0 Å². The largest absolute Gasteiger partial charge is 0.370 e. The minimum absolute atomic E-state index is 0.165. The van der Waals surface area contributed by atoms with Gasteiger partial charge in [-0.3, -0.25) is 9.98 Å².